The van der Waals surface area contributed by atoms with Gasteiger partial charge in [0.25, 0.3) is 5.91 Å². The smallest absolute Gasteiger partial charge is 0.272 e. The van der Waals surface area contributed by atoms with Crippen LogP contribution in [0.2, 0.25) is 0 Å². The molecule has 0 aliphatic heterocycles. The zero-order valence-electron chi connectivity index (χ0n) is 10.1. The van der Waals surface area contributed by atoms with E-state index in [1.165, 1.54) is 0 Å². The van der Waals surface area contributed by atoms with E-state index >= 15 is 0 Å². The molecule has 0 spiro atoms. The number of hydrogen-bond donors (Lipinski definition) is 0. The predicted octanol–water partition coefficient (Wildman–Crippen LogP) is 2.48. The van der Waals surface area contributed by atoms with Crippen LogP contribution in [0.1, 0.15) is 30.0 Å². The molecule has 3 nitrogen and oxygen atoms in total. The minimum absolute atomic E-state index is 0.102. The highest BCUT2D eigenvalue weighted by molar-refractivity contribution is 6.18. The standard InChI is InChI=1S/C12H17ClN2O/c1-9-6-5-7-10(14-9)11(16)15(4)12(2,3)8-13/h5-7H,8H2,1-4H3. The van der Waals surface area contributed by atoms with Gasteiger partial charge in [0.05, 0.1) is 5.54 Å². The summed E-state index contributed by atoms with van der Waals surface area (Å²) < 4.78 is 0. The normalized spacial score (nSPS) is 11.3. The quantitative estimate of drug-likeness (QED) is 0.761. The van der Waals surface area contributed by atoms with E-state index in [0.29, 0.717) is 11.6 Å². The maximum absolute atomic E-state index is 12.1. The van der Waals surface area contributed by atoms with Gasteiger partial charge in [-0.15, -0.1) is 11.6 Å². The Kier molecular flexibility index (Phi) is 3.92. The molecule has 0 fully saturated rings. The number of amides is 1. The fourth-order valence-electron chi connectivity index (χ4n) is 1.20. The largest absolute Gasteiger partial charge is 0.334 e. The zero-order valence-corrected chi connectivity index (χ0v) is 10.9. The van der Waals surface area contributed by atoms with Gasteiger partial charge in [0.1, 0.15) is 5.69 Å². The molecule has 1 rings (SSSR count). The molecule has 1 amide bonds. The van der Waals surface area contributed by atoms with E-state index in [0.717, 1.165) is 5.69 Å². The summed E-state index contributed by atoms with van der Waals surface area (Å²) in [5, 5.41) is 0. The molecule has 0 aliphatic carbocycles. The first-order valence-electron chi connectivity index (χ1n) is 5.16. The molecular weight excluding hydrogens is 224 g/mol. The van der Waals surface area contributed by atoms with Crippen molar-refractivity contribution in [3.8, 4) is 0 Å². The summed E-state index contributed by atoms with van der Waals surface area (Å²) in [6.45, 7) is 5.71. The van der Waals surface area contributed by atoms with Crippen LogP contribution in [-0.2, 0) is 0 Å². The number of carbonyl (C=O) groups is 1. The molecule has 0 bridgehead atoms. The van der Waals surface area contributed by atoms with Gasteiger partial charge in [0.15, 0.2) is 0 Å². The second-order valence-electron chi connectivity index (χ2n) is 4.47. The van der Waals surface area contributed by atoms with Crippen LogP contribution >= 0.6 is 11.6 Å². The third-order valence-corrected chi connectivity index (χ3v) is 3.30. The van der Waals surface area contributed by atoms with Crippen LogP contribution in [-0.4, -0.2) is 34.3 Å². The van der Waals surface area contributed by atoms with Gasteiger partial charge >= 0.3 is 0 Å². The van der Waals surface area contributed by atoms with Crippen LogP contribution in [0.25, 0.3) is 0 Å². The minimum Gasteiger partial charge on any atom is -0.334 e. The number of aryl methyl sites for hydroxylation is 1. The number of pyridine rings is 1. The molecule has 1 aromatic rings. The van der Waals surface area contributed by atoms with Gasteiger partial charge in [-0.1, -0.05) is 6.07 Å². The fourth-order valence-corrected chi connectivity index (χ4v) is 1.38. The molecule has 0 N–H and O–H groups in total. The molecule has 16 heavy (non-hydrogen) atoms. The summed E-state index contributed by atoms with van der Waals surface area (Å²) in [6.07, 6.45) is 0. The molecule has 4 heteroatoms. The van der Waals surface area contributed by atoms with Crippen LogP contribution < -0.4 is 0 Å². The molecule has 0 aromatic carbocycles. The SMILES string of the molecule is Cc1cccc(C(=O)N(C)C(C)(C)CCl)n1. The van der Waals surface area contributed by atoms with Crippen molar-refractivity contribution in [1.82, 2.24) is 9.88 Å². The first kappa shape index (κ1) is 13.0. The number of nitrogens with zero attached hydrogens (tertiary/aromatic N) is 2. The Bertz CT molecular complexity index is 390. The molecule has 1 heterocycles. The molecule has 1 aromatic heterocycles. The number of aromatic nitrogens is 1. The Hall–Kier alpha value is -1.09. The number of alkyl halides is 1. The van der Waals surface area contributed by atoms with Crippen molar-refractivity contribution >= 4 is 17.5 Å². The summed E-state index contributed by atoms with van der Waals surface area (Å²) in [4.78, 5) is 17.9. The predicted molar refractivity (Wildman–Crippen MR) is 65.9 cm³/mol. The Morgan fingerprint density at radius 2 is 2.12 bits per heavy atom. The van der Waals surface area contributed by atoms with Gasteiger partial charge in [-0.05, 0) is 32.9 Å². The molecule has 0 aliphatic rings. The highest BCUT2D eigenvalue weighted by Crippen LogP contribution is 2.16. The minimum atomic E-state index is -0.371. The lowest BCUT2D eigenvalue weighted by Crippen LogP contribution is -2.46. The zero-order chi connectivity index (χ0) is 12.3. The Labute approximate surface area is 101 Å². The summed E-state index contributed by atoms with van der Waals surface area (Å²) in [5.41, 5.74) is 0.924. The lowest BCUT2D eigenvalue weighted by Gasteiger charge is -2.33. The Morgan fingerprint density at radius 1 is 1.50 bits per heavy atom. The summed E-state index contributed by atoms with van der Waals surface area (Å²) in [6, 6.07) is 5.41. The third kappa shape index (κ3) is 2.73. The van der Waals surface area contributed by atoms with E-state index in [9.17, 15) is 4.79 Å². The summed E-state index contributed by atoms with van der Waals surface area (Å²) in [7, 11) is 1.74. The first-order chi connectivity index (χ1) is 7.38. The van der Waals surface area contributed by atoms with Crippen LogP contribution in [0, 0.1) is 6.92 Å². The Balaban J connectivity index is 2.95. The average molecular weight is 241 g/mol. The lowest BCUT2D eigenvalue weighted by atomic mass is 10.1. The van der Waals surface area contributed by atoms with Gasteiger partial charge in [0, 0.05) is 18.6 Å². The van der Waals surface area contributed by atoms with Crippen molar-refractivity contribution in [1.29, 1.82) is 0 Å². The number of rotatable bonds is 3. The second kappa shape index (κ2) is 4.83. The third-order valence-electron chi connectivity index (χ3n) is 2.65. The van der Waals surface area contributed by atoms with Gasteiger partial charge < -0.3 is 4.90 Å². The van der Waals surface area contributed by atoms with E-state index < -0.39 is 0 Å². The van der Waals surface area contributed by atoms with Gasteiger partial charge in [-0.2, -0.15) is 0 Å². The Morgan fingerprint density at radius 3 is 2.62 bits per heavy atom. The summed E-state index contributed by atoms with van der Waals surface area (Å²) >= 11 is 5.84. The van der Waals surface area contributed by atoms with Gasteiger partial charge in [-0.25, -0.2) is 4.98 Å². The highest BCUT2D eigenvalue weighted by Gasteiger charge is 2.27. The molecular formula is C12H17ClN2O. The van der Waals surface area contributed by atoms with Gasteiger partial charge in [-0.3, -0.25) is 4.79 Å². The van der Waals surface area contributed by atoms with E-state index in [4.69, 9.17) is 11.6 Å². The van der Waals surface area contributed by atoms with Crippen molar-refractivity contribution < 1.29 is 4.79 Å². The van der Waals surface area contributed by atoms with Crippen LogP contribution in [0.15, 0.2) is 18.2 Å². The maximum atomic E-state index is 12.1. The van der Waals surface area contributed by atoms with Crippen LogP contribution in [0.3, 0.4) is 0 Å². The number of hydrogen-bond acceptors (Lipinski definition) is 2. The molecule has 0 saturated carbocycles. The first-order valence-corrected chi connectivity index (χ1v) is 5.70. The molecule has 0 saturated heterocycles. The van der Waals surface area contributed by atoms with E-state index in [2.05, 4.69) is 4.98 Å². The average Bonchev–Trinajstić information content (AvgIpc) is 2.27. The van der Waals surface area contributed by atoms with Crippen LogP contribution in [0.4, 0.5) is 0 Å². The highest BCUT2D eigenvalue weighted by atomic mass is 35.5. The number of halogens is 1. The van der Waals surface area contributed by atoms with Crippen molar-refractivity contribution in [3.05, 3.63) is 29.6 Å². The molecule has 0 unspecified atom stereocenters. The van der Waals surface area contributed by atoms with E-state index in [-0.39, 0.29) is 11.4 Å². The maximum Gasteiger partial charge on any atom is 0.272 e. The van der Waals surface area contributed by atoms with Crippen molar-refractivity contribution in [3.63, 3.8) is 0 Å². The molecule has 0 radical (unpaired) electrons. The molecule has 88 valence electrons. The van der Waals surface area contributed by atoms with Crippen molar-refractivity contribution in [2.24, 2.45) is 0 Å². The topological polar surface area (TPSA) is 33.2 Å². The van der Waals surface area contributed by atoms with Crippen molar-refractivity contribution in [2.75, 3.05) is 12.9 Å². The second-order valence-corrected chi connectivity index (χ2v) is 4.74. The van der Waals surface area contributed by atoms with Crippen molar-refractivity contribution in [2.45, 2.75) is 26.3 Å². The fraction of sp³-hybridized carbons (Fsp3) is 0.500. The van der Waals surface area contributed by atoms with Gasteiger partial charge in [0.2, 0.25) is 0 Å². The lowest BCUT2D eigenvalue weighted by molar-refractivity contribution is 0.0654. The van der Waals surface area contributed by atoms with Crippen LogP contribution in [0.5, 0.6) is 0 Å². The summed E-state index contributed by atoms with van der Waals surface area (Å²) in [5.74, 6) is 0.287. The monoisotopic (exact) mass is 240 g/mol. The van der Waals surface area contributed by atoms with E-state index in [1.54, 1.807) is 18.0 Å². The van der Waals surface area contributed by atoms with E-state index in [1.807, 2.05) is 32.9 Å². The number of carbonyl (C=O) groups excluding carboxylic acids is 1. The molecule has 0 atom stereocenters.